The Kier molecular flexibility index (Phi) is 7.93. The molecule has 5 aromatic heterocycles. The second-order valence-corrected chi connectivity index (χ2v) is 12.0. The van der Waals surface area contributed by atoms with Crippen molar-refractivity contribution in [1.82, 2.24) is 39.1 Å². The minimum absolute atomic E-state index is 0.0997. The number of hydrogen-bond donors (Lipinski definition) is 1. The quantitative estimate of drug-likeness (QED) is 0.234. The van der Waals surface area contributed by atoms with Crippen molar-refractivity contribution in [2.45, 2.75) is 32.2 Å². The van der Waals surface area contributed by atoms with Gasteiger partial charge in [-0.1, -0.05) is 36.5 Å². The summed E-state index contributed by atoms with van der Waals surface area (Å²) in [6.45, 7) is 1.90. The van der Waals surface area contributed by atoms with Crippen LogP contribution in [0.25, 0.3) is 33.9 Å². The highest BCUT2D eigenvalue weighted by atomic mass is 35.5. The van der Waals surface area contributed by atoms with Crippen molar-refractivity contribution in [3.63, 3.8) is 0 Å². The summed E-state index contributed by atoms with van der Waals surface area (Å²) in [6, 6.07) is 13.8. The van der Waals surface area contributed by atoms with Gasteiger partial charge < -0.3 is 5.32 Å². The Morgan fingerprint density at radius 2 is 1.80 bits per heavy atom. The molecular formula is C33H27Cl2N9O2. The maximum atomic E-state index is 13.8. The van der Waals surface area contributed by atoms with Crippen LogP contribution in [0.3, 0.4) is 0 Å². The second kappa shape index (κ2) is 12.3. The van der Waals surface area contributed by atoms with Crippen molar-refractivity contribution in [3.05, 3.63) is 118 Å². The van der Waals surface area contributed by atoms with E-state index in [0.29, 0.717) is 63.3 Å². The smallest absolute Gasteiger partial charge is 0.254 e. The third-order valence-electron chi connectivity index (χ3n) is 8.04. The molecule has 2 atom stereocenters. The fraction of sp³-hybridized carbons (Fsp3) is 0.182. The van der Waals surface area contributed by atoms with E-state index in [-0.39, 0.29) is 17.4 Å². The van der Waals surface area contributed by atoms with Crippen molar-refractivity contribution < 1.29 is 4.79 Å². The fourth-order valence-corrected chi connectivity index (χ4v) is 5.96. The van der Waals surface area contributed by atoms with Crippen LogP contribution in [0, 0.1) is 5.92 Å². The molecule has 0 saturated heterocycles. The van der Waals surface area contributed by atoms with Crippen molar-refractivity contribution in [3.8, 4) is 33.9 Å². The number of halogens is 2. The van der Waals surface area contributed by atoms with Crippen molar-refractivity contribution in [2.24, 2.45) is 5.92 Å². The lowest BCUT2D eigenvalue weighted by molar-refractivity contribution is -0.119. The summed E-state index contributed by atoms with van der Waals surface area (Å²) >= 11 is 12.5. The zero-order valence-corrected chi connectivity index (χ0v) is 26.1. The Morgan fingerprint density at radius 3 is 2.59 bits per heavy atom. The van der Waals surface area contributed by atoms with E-state index in [4.69, 9.17) is 38.3 Å². The zero-order valence-electron chi connectivity index (χ0n) is 24.6. The number of pyridine rings is 2. The number of anilines is 1. The standard InChI is InChI=1S/C33H27Cl2N9O2/c1-20-4-2-6-30(42-19-38-26(14-31(42)45)25-13-22(34)7-8-29(25)44-17-23(35)15-39-44)27-12-21(9-11-37-27)32-28(40-33(20)46)18-43(41-32)24-5-3-10-36-16-24/h3,5,7-20,30H,2,4,6H2,1H3,(H,40,46)/t20-,30+/m1/s1. The SMILES string of the molecule is C[C@@H]1CCC[C@H](n2cnc(-c3cc(Cl)ccc3-n3cc(Cl)cn3)cc2=O)c2cc(ccn2)-c2nn(-c3cccnc3)cc2NC1=O. The molecule has 6 aromatic rings. The minimum Gasteiger partial charge on any atom is -0.323 e. The normalized spacial score (nSPS) is 16.6. The number of hydrogen-bond acceptors (Lipinski definition) is 7. The molecule has 1 aliphatic heterocycles. The van der Waals surface area contributed by atoms with Gasteiger partial charge in [0.1, 0.15) is 5.69 Å². The zero-order chi connectivity index (χ0) is 31.8. The van der Waals surface area contributed by atoms with Gasteiger partial charge >= 0.3 is 0 Å². The number of carbonyl (C=O) groups excluding carboxylic acids is 1. The lowest BCUT2D eigenvalue weighted by Gasteiger charge is -2.22. The molecule has 1 aromatic carbocycles. The summed E-state index contributed by atoms with van der Waals surface area (Å²) in [5.41, 5.74) is 4.84. The molecule has 1 N–H and O–H groups in total. The molecular weight excluding hydrogens is 625 g/mol. The Labute approximate surface area is 273 Å². The van der Waals surface area contributed by atoms with E-state index < -0.39 is 6.04 Å². The number of benzene rings is 1. The molecule has 13 heteroatoms. The maximum Gasteiger partial charge on any atom is 0.254 e. The highest BCUT2D eigenvalue weighted by Gasteiger charge is 2.24. The number of nitrogens with one attached hydrogen (secondary N) is 1. The summed E-state index contributed by atoms with van der Waals surface area (Å²) in [4.78, 5) is 40.7. The van der Waals surface area contributed by atoms with E-state index >= 15 is 0 Å². The molecule has 1 amide bonds. The summed E-state index contributed by atoms with van der Waals surface area (Å²) in [5, 5.41) is 13.2. The number of carbonyl (C=O) groups is 1. The number of nitrogens with zero attached hydrogens (tertiary/aromatic N) is 8. The summed E-state index contributed by atoms with van der Waals surface area (Å²) in [5.74, 6) is -0.368. The Balaban J connectivity index is 1.31. The first-order chi connectivity index (χ1) is 22.3. The molecule has 230 valence electrons. The van der Waals surface area contributed by atoms with Gasteiger partial charge in [0.05, 0.1) is 64.4 Å². The first kappa shape index (κ1) is 29.6. The highest BCUT2D eigenvalue weighted by molar-refractivity contribution is 6.31. The van der Waals surface area contributed by atoms with Crippen molar-refractivity contribution >= 4 is 34.8 Å². The number of aromatic nitrogens is 8. The fourth-order valence-electron chi connectivity index (χ4n) is 5.65. The van der Waals surface area contributed by atoms with Crippen LogP contribution in [0.15, 0.2) is 96.8 Å². The Hall–Kier alpha value is -5.13. The average molecular weight is 653 g/mol. The van der Waals surface area contributed by atoms with Crippen LogP contribution in [0.1, 0.15) is 37.9 Å². The largest absolute Gasteiger partial charge is 0.323 e. The van der Waals surface area contributed by atoms with Crippen LogP contribution in [0.4, 0.5) is 5.69 Å². The molecule has 0 radical (unpaired) electrons. The maximum absolute atomic E-state index is 13.8. The van der Waals surface area contributed by atoms with Gasteiger partial charge in [-0.05, 0) is 55.3 Å². The second-order valence-electron chi connectivity index (χ2n) is 11.1. The molecule has 0 aliphatic carbocycles. The Bertz CT molecular complexity index is 2120. The summed E-state index contributed by atoms with van der Waals surface area (Å²) in [7, 11) is 0. The third-order valence-corrected chi connectivity index (χ3v) is 8.48. The highest BCUT2D eigenvalue weighted by Crippen LogP contribution is 2.33. The van der Waals surface area contributed by atoms with Crippen LogP contribution >= 0.6 is 23.2 Å². The van der Waals surface area contributed by atoms with Gasteiger partial charge in [0.2, 0.25) is 5.91 Å². The number of rotatable bonds is 4. The lowest BCUT2D eigenvalue weighted by atomic mass is 9.97. The predicted octanol–water partition coefficient (Wildman–Crippen LogP) is 6.39. The van der Waals surface area contributed by atoms with Gasteiger partial charge in [-0.25, -0.2) is 14.3 Å². The van der Waals surface area contributed by atoms with Crippen molar-refractivity contribution in [1.29, 1.82) is 0 Å². The van der Waals surface area contributed by atoms with E-state index in [9.17, 15) is 9.59 Å². The molecule has 11 nitrogen and oxygen atoms in total. The first-order valence-electron chi connectivity index (χ1n) is 14.7. The minimum atomic E-state index is -0.434. The molecule has 0 fully saturated rings. The van der Waals surface area contributed by atoms with Gasteiger partial charge in [-0.3, -0.25) is 24.1 Å². The molecule has 0 spiro atoms. The van der Waals surface area contributed by atoms with Gasteiger partial charge in [-0.2, -0.15) is 10.2 Å². The van der Waals surface area contributed by atoms with Crippen LogP contribution in [0.2, 0.25) is 10.0 Å². The predicted molar refractivity (Wildman–Crippen MR) is 175 cm³/mol. The lowest BCUT2D eigenvalue weighted by Crippen LogP contribution is -2.27. The summed E-state index contributed by atoms with van der Waals surface area (Å²) in [6.07, 6.45) is 13.5. The van der Waals surface area contributed by atoms with Gasteiger partial charge in [0.25, 0.3) is 5.56 Å². The van der Waals surface area contributed by atoms with E-state index in [2.05, 4.69) is 15.4 Å². The molecule has 0 unspecified atom stereocenters. The van der Waals surface area contributed by atoms with Crippen LogP contribution < -0.4 is 10.9 Å². The van der Waals surface area contributed by atoms with Crippen LogP contribution in [-0.4, -0.2) is 45.0 Å². The van der Waals surface area contributed by atoms with E-state index in [0.717, 1.165) is 11.3 Å². The first-order valence-corrected chi connectivity index (χ1v) is 15.5. The topological polar surface area (TPSA) is 125 Å². The van der Waals surface area contributed by atoms with E-state index in [1.54, 1.807) is 69.4 Å². The van der Waals surface area contributed by atoms with Crippen molar-refractivity contribution in [2.75, 3.05) is 5.32 Å². The average Bonchev–Trinajstić information content (AvgIpc) is 3.69. The molecule has 7 rings (SSSR count). The van der Waals surface area contributed by atoms with Crippen LogP contribution in [-0.2, 0) is 4.79 Å². The molecule has 2 bridgehead atoms. The van der Waals surface area contributed by atoms with E-state index in [1.807, 2.05) is 31.2 Å². The number of fused-ring (bicyclic) bond motifs is 4. The molecule has 46 heavy (non-hydrogen) atoms. The third kappa shape index (κ3) is 5.82. The van der Waals surface area contributed by atoms with Crippen LogP contribution in [0.5, 0.6) is 0 Å². The van der Waals surface area contributed by atoms with Gasteiger partial charge in [0.15, 0.2) is 0 Å². The van der Waals surface area contributed by atoms with E-state index in [1.165, 1.54) is 12.3 Å². The van der Waals surface area contributed by atoms with Gasteiger partial charge in [-0.15, -0.1) is 0 Å². The molecule has 1 aliphatic rings. The Morgan fingerprint density at radius 1 is 0.913 bits per heavy atom. The molecule has 0 saturated carbocycles. The monoisotopic (exact) mass is 651 g/mol. The van der Waals surface area contributed by atoms with Gasteiger partial charge in [0, 0.05) is 46.7 Å². The summed E-state index contributed by atoms with van der Waals surface area (Å²) < 4.78 is 4.90. The molecule has 6 heterocycles. The number of amides is 1.